The van der Waals surface area contributed by atoms with Gasteiger partial charge in [-0.25, -0.2) is 9.97 Å². The molecule has 1 aliphatic carbocycles. The van der Waals surface area contributed by atoms with E-state index in [0.717, 1.165) is 44.8 Å². The number of ether oxygens (including phenoxy) is 3. The van der Waals surface area contributed by atoms with E-state index in [0.29, 0.717) is 24.1 Å². The van der Waals surface area contributed by atoms with Gasteiger partial charge in [0, 0.05) is 31.1 Å². The van der Waals surface area contributed by atoms with Gasteiger partial charge in [0.05, 0.1) is 59.8 Å². The first kappa shape index (κ1) is 25.7. The van der Waals surface area contributed by atoms with E-state index in [9.17, 15) is 0 Å². The Bertz CT molecular complexity index is 1600. The molecule has 194 valence electrons. The molecule has 1 aliphatic heterocycles. The predicted octanol–water partition coefficient (Wildman–Crippen LogP) is 5.49. The molecule has 1 N–H and O–H groups in total. The summed E-state index contributed by atoms with van der Waals surface area (Å²) >= 11 is 6.40. The summed E-state index contributed by atoms with van der Waals surface area (Å²) in [6.45, 7) is 0.842. The molecule has 2 aromatic carbocycles. The lowest BCUT2D eigenvalue weighted by Gasteiger charge is -2.21. The monoisotopic (exact) mass is 529 g/mol. The van der Waals surface area contributed by atoms with Crippen molar-refractivity contribution in [1.82, 2.24) is 14.5 Å². The van der Waals surface area contributed by atoms with Crippen LogP contribution in [0.15, 0.2) is 84.0 Å². The zero-order valence-corrected chi connectivity index (χ0v) is 22.1. The highest BCUT2D eigenvalue weighted by Crippen LogP contribution is 2.32. The minimum Gasteiger partial charge on any atom is -0.480 e. The van der Waals surface area contributed by atoms with Crippen molar-refractivity contribution >= 4 is 34.0 Å². The summed E-state index contributed by atoms with van der Waals surface area (Å²) in [6, 6.07) is 23.6. The number of benzene rings is 3. The van der Waals surface area contributed by atoms with Crippen LogP contribution in [0.3, 0.4) is 0 Å². The molecule has 1 atom stereocenters. The SMILES string of the molecule is COCC(C/N=c1\cc2n(-c3cccc(Cl)c3)c3ccccc3nc-2cc1Nc1cccnc1OC)OC. The van der Waals surface area contributed by atoms with Crippen LogP contribution in [0.2, 0.25) is 5.02 Å². The standard InChI is InChI=1S/C29H28ClN5O3/c1-36-18-21(37-2)17-32-24-16-28-26(15-25(24)34-23-11-7-13-31-29(23)38-3)33-22-10-4-5-12-27(22)35(28)20-9-6-8-19(30)14-20/h4-16,21,34H,17-18H2,1-3H3/b32-24+. The summed E-state index contributed by atoms with van der Waals surface area (Å²) in [5, 5.41) is 4.83. The fraction of sp³-hybridized carbons (Fsp3) is 0.207. The van der Waals surface area contributed by atoms with Gasteiger partial charge in [-0.1, -0.05) is 29.8 Å². The van der Waals surface area contributed by atoms with Crippen LogP contribution in [0.25, 0.3) is 28.1 Å². The number of para-hydroxylation sites is 2. The maximum atomic E-state index is 6.40. The van der Waals surface area contributed by atoms with Crippen LogP contribution >= 0.6 is 11.6 Å². The third kappa shape index (κ3) is 5.33. The topological polar surface area (TPSA) is 82.8 Å². The van der Waals surface area contributed by atoms with E-state index in [1.807, 2.05) is 72.8 Å². The minimum absolute atomic E-state index is 0.189. The number of hydrogen-bond donors (Lipinski definition) is 1. The normalized spacial score (nSPS) is 12.7. The molecule has 3 aromatic rings. The fourth-order valence-corrected chi connectivity index (χ4v) is 4.53. The Kier molecular flexibility index (Phi) is 7.83. The first-order valence-corrected chi connectivity index (χ1v) is 12.5. The molecule has 38 heavy (non-hydrogen) atoms. The Hall–Kier alpha value is -3.98. The molecule has 0 radical (unpaired) electrons. The fourth-order valence-electron chi connectivity index (χ4n) is 4.34. The second kappa shape index (κ2) is 11.6. The number of rotatable bonds is 9. The lowest BCUT2D eigenvalue weighted by Crippen LogP contribution is -2.23. The predicted molar refractivity (Wildman–Crippen MR) is 150 cm³/mol. The van der Waals surface area contributed by atoms with E-state index in [1.54, 1.807) is 27.5 Å². The Morgan fingerprint density at radius 2 is 1.84 bits per heavy atom. The van der Waals surface area contributed by atoms with E-state index < -0.39 is 0 Å². The summed E-state index contributed by atoms with van der Waals surface area (Å²) in [6.07, 6.45) is 1.50. The number of pyridine rings is 1. The second-order valence-corrected chi connectivity index (χ2v) is 9.05. The third-order valence-electron chi connectivity index (χ3n) is 6.15. The number of nitrogens with zero attached hydrogens (tertiary/aromatic N) is 4. The first-order chi connectivity index (χ1) is 18.6. The average molecular weight is 530 g/mol. The van der Waals surface area contributed by atoms with Crippen molar-refractivity contribution in [3.8, 4) is 23.0 Å². The molecular formula is C29H28ClN5O3. The third-order valence-corrected chi connectivity index (χ3v) is 6.38. The van der Waals surface area contributed by atoms with Gasteiger partial charge in [-0.15, -0.1) is 0 Å². The average Bonchev–Trinajstić information content (AvgIpc) is 2.94. The largest absolute Gasteiger partial charge is 0.480 e. The van der Waals surface area contributed by atoms with Gasteiger partial charge in [0.25, 0.3) is 0 Å². The Morgan fingerprint density at radius 3 is 2.63 bits per heavy atom. The van der Waals surface area contributed by atoms with Gasteiger partial charge in [-0.3, -0.25) is 4.99 Å². The van der Waals surface area contributed by atoms with E-state index in [-0.39, 0.29) is 6.10 Å². The summed E-state index contributed by atoms with van der Waals surface area (Å²) in [5.41, 5.74) is 5.88. The van der Waals surface area contributed by atoms with E-state index >= 15 is 0 Å². The highest BCUT2D eigenvalue weighted by molar-refractivity contribution is 6.30. The van der Waals surface area contributed by atoms with Crippen molar-refractivity contribution in [3.05, 3.63) is 89.4 Å². The second-order valence-electron chi connectivity index (χ2n) is 8.61. The van der Waals surface area contributed by atoms with Crippen LogP contribution in [0.4, 0.5) is 11.4 Å². The minimum atomic E-state index is -0.189. The number of halogens is 1. The first-order valence-electron chi connectivity index (χ1n) is 12.1. The lowest BCUT2D eigenvalue weighted by molar-refractivity contribution is 0.0340. The van der Waals surface area contributed by atoms with Crippen molar-refractivity contribution in [1.29, 1.82) is 0 Å². The van der Waals surface area contributed by atoms with Crippen molar-refractivity contribution in [3.63, 3.8) is 0 Å². The van der Waals surface area contributed by atoms with Gasteiger partial charge in [0.1, 0.15) is 5.69 Å². The maximum absolute atomic E-state index is 6.40. The zero-order chi connectivity index (χ0) is 26.5. The van der Waals surface area contributed by atoms with Crippen LogP contribution in [0.1, 0.15) is 0 Å². The van der Waals surface area contributed by atoms with Gasteiger partial charge in [-0.05, 0) is 54.6 Å². The number of anilines is 2. The molecule has 2 heterocycles. The molecular weight excluding hydrogens is 502 g/mol. The highest BCUT2D eigenvalue weighted by atomic mass is 35.5. The van der Waals surface area contributed by atoms with Gasteiger partial charge >= 0.3 is 0 Å². The summed E-state index contributed by atoms with van der Waals surface area (Å²) in [4.78, 5) is 14.2. The Balaban J connectivity index is 1.77. The zero-order valence-electron chi connectivity index (χ0n) is 21.4. The molecule has 9 heteroatoms. The molecule has 2 aliphatic rings. The number of aromatic nitrogens is 3. The number of methoxy groups -OCH3 is 3. The number of fused-ring (bicyclic) bond motifs is 2. The molecule has 1 unspecified atom stereocenters. The van der Waals surface area contributed by atoms with E-state index in [4.69, 9.17) is 35.8 Å². The molecule has 5 rings (SSSR count). The number of hydrogen-bond acceptors (Lipinski definition) is 7. The highest BCUT2D eigenvalue weighted by Gasteiger charge is 2.18. The van der Waals surface area contributed by atoms with Gasteiger partial charge in [0.2, 0.25) is 5.88 Å². The molecule has 0 fully saturated rings. The quantitative estimate of drug-likeness (QED) is 0.254. The summed E-state index contributed by atoms with van der Waals surface area (Å²) in [7, 11) is 4.89. The molecule has 0 bridgehead atoms. The van der Waals surface area contributed by atoms with E-state index in [1.165, 1.54) is 0 Å². The lowest BCUT2D eigenvalue weighted by atomic mass is 10.1. The summed E-state index contributed by atoms with van der Waals surface area (Å²) in [5.74, 6) is 0.480. The van der Waals surface area contributed by atoms with Gasteiger partial charge in [0.15, 0.2) is 0 Å². The van der Waals surface area contributed by atoms with Crippen molar-refractivity contribution in [2.75, 3.05) is 39.8 Å². The van der Waals surface area contributed by atoms with Crippen LogP contribution in [-0.4, -0.2) is 55.1 Å². The van der Waals surface area contributed by atoms with Crippen LogP contribution in [0.5, 0.6) is 5.88 Å². The molecule has 0 saturated heterocycles. The van der Waals surface area contributed by atoms with Crippen LogP contribution in [-0.2, 0) is 9.47 Å². The summed E-state index contributed by atoms with van der Waals surface area (Å²) < 4.78 is 18.5. The Labute approximate surface area is 225 Å². The van der Waals surface area contributed by atoms with Crippen LogP contribution in [0, 0.1) is 0 Å². The van der Waals surface area contributed by atoms with E-state index in [2.05, 4.69) is 14.9 Å². The van der Waals surface area contributed by atoms with Gasteiger partial charge < -0.3 is 24.1 Å². The maximum Gasteiger partial charge on any atom is 0.237 e. The van der Waals surface area contributed by atoms with Crippen molar-refractivity contribution in [2.24, 2.45) is 4.99 Å². The number of nitrogens with one attached hydrogen (secondary N) is 1. The van der Waals surface area contributed by atoms with Gasteiger partial charge in [-0.2, -0.15) is 0 Å². The molecule has 1 aromatic heterocycles. The van der Waals surface area contributed by atoms with Crippen LogP contribution < -0.4 is 15.4 Å². The van der Waals surface area contributed by atoms with Crippen molar-refractivity contribution < 1.29 is 14.2 Å². The van der Waals surface area contributed by atoms with Crippen molar-refractivity contribution in [2.45, 2.75) is 6.10 Å². The smallest absolute Gasteiger partial charge is 0.237 e. The Morgan fingerprint density at radius 1 is 0.974 bits per heavy atom. The molecule has 0 amide bonds. The molecule has 0 spiro atoms. The molecule has 8 nitrogen and oxygen atoms in total. The molecule has 0 saturated carbocycles.